The summed E-state index contributed by atoms with van der Waals surface area (Å²) in [7, 11) is -3.31. The molecule has 0 aromatic carbocycles. The molecule has 1 amide bonds. The van der Waals surface area contributed by atoms with E-state index in [0.29, 0.717) is 19.4 Å². The van der Waals surface area contributed by atoms with Gasteiger partial charge in [-0.15, -0.1) is 0 Å². The number of carboxylic acid groups (broad SMARTS) is 1. The summed E-state index contributed by atoms with van der Waals surface area (Å²) in [6, 6.07) is -0.335. The molecule has 0 spiro atoms. The molecule has 7 nitrogen and oxygen atoms in total. The van der Waals surface area contributed by atoms with Gasteiger partial charge in [0.25, 0.3) is 0 Å². The number of rotatable bonds is 4. The van der Waals surface area contributed by atoms with E-state index in [1.165, 1.54) is 11.8 Å². The second-order valence-corrected chi connectivity index (χ2v) is 6.35. The standard InChI is InChI=1S/C10H18N2O5S/c1-7(10(14)15)9(13)12-5-3-4-8(6-12)11-18(2,16)17/h7-8,11H,3-6H2,1-2H3,(H,14,15). The molecule has 0 bridgehead atoms. The van der Waals surface area contributed by atoms with Crippen molar-refractivity contribution in [2.45, 2.75) is 25.8 Å². The fourth-order valence-electron chi connectivity index (χ4n) is 1.96. The predicted octanol–water partition coefficient (Wildman–Crippen LogP) is -0.753. The maximum absolute atomic E-state index is 11.8. The van der Waals surface area contributed by atoms with Crippen molar-refractivity contribution in [3.63, 3.8) is 0 Å². The first-order chi connectivity index (χ1) is 8.20. The first kappa shape index (κ1) is 14.9. The number of aliphatic carboxylic acids is 1. The lowest BCUT2D eigenvalue weighted by Crippen LogP contribution is -2.51. The van der Waals surface area contributed by atoms with Crippen LogP contribution in [0.5, 0.6) is 0 Å². The molecular formula is C10H18N2O5S. The van der Waals surface area contributed by atoms with Gasteiger partial charge in [-0.3, -0.25) is 9.59 Å². The number of sulfonamides is 1. The van der Waals surface area contributed by atoms with Crippen LogP contribution in [0.4, 0.5) is 0 Å². The third kappa shape index (κ3) is 4.26. The van der Waals surface area contributed by atoms with Crippen LogP contribution < -0.4 is 4.72 Å². The third-order valence-corrected chi connectivity index (χ3v) is 3.62. The minimum absolute atomic E-state index is 0.226. The van der Waals surface area contributed by atoms with Gasteiger partial charge >= 0.3 is 5.97 Å². The van der Waals surface area contributed by atoms with Gasteiger partial charge in [-0.1, -0.05) is 0 Å². The number of carbonyl (C=O) groups is 2. The van der Waals surface area contributed by atoms with Crippen molar-refractivity contribution in [2.75, 3.05) is 19.3 Å². The molecule has 1 saturated heterocycles. The number of hydrogen-bond acceptors (Lipinski definition) is 4. The summed E-state index contributed by atoms with van der Waals surface area (Å²) in [6.45, 7) is 2.03. The quantitative estimate of drug-likeness (QED) is 0.658. The summed E-state index contributed by atoms with van der Waals surface area (Å²) < 4.78 is 24.7. The molecule has 0 aliphatic carbocycles. The van der Waals surface area contributed by atoms with Crippen molar-refractivity contribution in [2.24, 2.45) is 5.92 Å². The average molecular weight is 278 g/mol. The van der Waals surface area contributed by atoms with Crippen LogP contribution in [0, 0.1) is 5.92 Å². The van der Waals surface area contributed by atoms with Crippen LogP contribution in [-0.2, 0) is 19.6 Å². The Morgan fingerprint density at radius 2 is 2.06 bits per heavy atom. The molecule has 2 atom stereocenters. The van der Waals surface area contributed by atoms with Crippen LogP contribution >= 0.6 is 0 Å². The van der Waals surface area contributed by atoms with Crippen LogP contribution in [0.2, 0.25) is 0 Å². The molecular weight excluding hydrogens is 260 g/mol. The summed E-state index contributed by atoms with van der Waals surface area (Å²) in [5.41, 5.74) is 0. The number of likely N-dealkylation sites (tertiary alicyclic amines) is 1. The molecule has 2 N–H and O–H groups in total. The minimum atomic E-state index is -3.31. The summed E-state index contributed by atoms with van der Waals surface area (Å²) in [5.74, 6) is -2.73. The molecule has 1 rings (SSSR count). The molecule has 0 aromatic heterocycles. The van der Waals surface area contributed by atoms with Crippen molar-refractivity contribution in [1.82, 2.24) is 9.62 Å². The predicted molar refractivity (Wildman–Crippen MR) is 64.4 cm³/mol. The van der Waals surface area contributed by atoms with Crippen LogP contribution in [0.25, 0.3) is 0 Å². The van der Waals surface area contributed by atoms with Crippen molar-refractivity contribution >= 4 is 21.9 Å². The summed E-state index contributed by atoms with van der Waals surface area (Å²) >= 11 is 0. The number of carbonyl (C=O) groups excluding carboxylic acids is 1. The molecule has 0 radical (unpaired) electrons. The van der Waals surface area contributed by atoms with E-state index in [2.05, 4.69) is 4.72 Å². The van der Waals surface area contributed by atoms with E-state index in [9.17, 15) is 18.0 Å². The number of carboxylic acids is 1. The van der Waals surface area contributed by atoms with Gasteiger partial charge in [-0.05, 0) is 19.8 Å². The van der Waals surface area contributed by atoms with Gasteiger partial charge in [0.2, 0.25) is 15.9 Å². The van der Waals surface area contributed by atoms with Crippen LogP contribution in [0.3, 0.4) is 0 Å². The molecule has 2 unspecified atom stereocenters. The molecule has 1 aliphatic heterocycles. The lowest BCUT2D eigenvalue weighted by atomic mass is 10.0. The number of amides is 1. The Balaban J connectivity index is 2.64. The van der Waals surface area contributed by atoms with E-state index in [-0.39, 0.29) is 12.6 Å². The zero-order valence-corrected chi connectivity index (χ0v) is 11.2. The highest BCUT2D eigenvalue weighted by Crippen LogP contribution is 2.14. The van der Waals surface area contributed by atoms with E-state index in [1.807, 2.05) is 0 Å². The molecule has 0 saturated carbocycles. The summed E-state index contributed by atoms with van der Waals surface area (Å²) in [5, 5.41) is 8.78. The maximum atomic E-state index is 11.8. The summed E-state index contributed by atoms with van der Waals surface area (Å²) in [6.07, 6.45) is 2.37. The zero-order valence-electron chi connectivity index (χ0n) is 10.4. The van der Waals surface area contributed by atoms with Gasteiger partial charge in [-0.2, -0.15) is 0 Å². The fourth-order valence-corrected chi connectivity index (χ4v) is 2.75. The Hall–Kier alpha value is -1.15. The molecule has 104 valence electrons. The zero-order chi connectivity index (χ0) is 13.9. The van der Waals surface area contributed by atoms with E-state index in [1.54, 1.807) is 0 Å². The van der Waals surface area contributed by atoms with E-state index in [0.717, 1.165) is 6.26 Å². The second kappa shape index (κ2) is 5.66. The van der Waals surface area contributed by atoms with E-state index in [4.69, 9.17) is 5.11 Å². The lowest BCUT2D eigenvalue weighted by Gasteiger charge is -2.33. The van der Waals surface area contributed by atoms with E-state index >= 15 is 0 Å². The van der Waals surface area contributed by atoms with Gasteiger partial charge in [-0.25, -0.2) is 13.1 Å². The van der Waals surface area contributed by atoms with Gasteiger partial charge < -0.3 is 10.0 Å². The molecule has 8 heteroatoms. The highest BCUT2D eigenvalue weighted by atomic mass is 32.2. The summed E-state index contributed by atoms with van der Waals surface area (Å²) in [4.78, 5) is 24.0. The highest BCUT2D eigenvalue weighted by molar-refractivity contribution is 7.88. The smallest absolute Gasteiger partial charge is 0.315 e. The SMILES string of the molecule is CC(C(=O)O)C(=O)N1CCCC(NS(C)(=O)=O)C1. The Kier molecular flexibility index (Phi) is 4.69. The molecule has 1 aliphatic rings. The molecule has 18 heavy (non-hydrogen) atoms. The van der Waals surface area contributed by atoms with Crippen molar-refractivity contribution < 1.29 is 23.1 Å². The molecule has 0 aromatic rings. The third-order valence-electron chi connectivity index (χ3n) is 2.85. The lowest BCUT2D eigenvalue weighted by molar-refractivity contribution is -0.150. The Bertz CT molecular complexity index is 434. The number of nitrogens with zero attached hydrogens (tertiary/aromatic N) is 1. The Morgan fingerprint density at radius 3 is 2.56 bits per heavy atom. The average Bonchev–Trinajstić information content (AvgIpc) is 2.25. The first-order valence-electron chi connectivity index (χ1n) is 5.69. The number of piperidine rings is 1. The van der Waals surface area contributed by atoms with Crippen molar-refractivity contribution in [3.05, 3.63) is 0 Å². The van der Waals surface area contributed by atoms with Gasteiger partial charge in [0.15, 0.2) is 0 Å². The van der Waals surface area contributed by atoms with E-state index < -0.39 is 27.8 Å². The minimum Gasteiger partial charge on any atom is -0.481 e. The first-order valence-corrected chi connectivity index (χ1v) is 7.58. The van der Waals surface area contributed by atoms with Crippen LogP contribution in [-0.4, -0.2) is 55.7 Å². The number of nitrogens with one attached hydrogen (secondary N) is 1. The van der Waals surface area contributed by atoms with Crippen molar-refractivity contribution in [3.8, 4) is 0 Å². The van der Waals surface area contributed by atoms with Crippen LogP contribution in [0.15, 0.2) is 0 Å². The largest absolute Gasteiger partial charge is 0.481 e. The Labute approximate surface area is 106 Å². The van der Waals surface area contributed by atoms with Gasteiger partial charge in [0.05, 0.1) is 6.26 Å². The Morgan fingerprint density at radius 1 is 1.44 bits per heavy atom. The van der Waals surface area contributed by atoms with Gasteiger partial charge in [0, 0.05) is 19.1 Å². The maximum Gasteiger partial charge on any atom is 0.315 e. The highest BCUT2D eigenvalue weighted by Gasteiger charge is 2.30. The number of hydrogen-bond donors (Lipinski definition) is 2. The van der Waals surface area contributed by atoms with Crippen molar-refractivity contribution in [1.29, 1.82) is 0 Å². The fraction of sp³-hybridized carbons (Fsp3) is 0.800. The van der Waals surface area contributed by atoms with Crippen LogP contribution in [0.1, 0.15) is 19.8 Å². The monoisotopic (exact) mass is 278 g/mol. The van der Waals surface area contributed by atoms with Gasteiger partial charge in [0.1, 0.15) is 5.92 Å². The molecule has 1 fully saturated rings. The molecule has 1 heterocycles. The topological polar surface area (TPSA) is 104 Å². The normalized spacial score (nSPS) is 22.6. The second-order valence-electron chi connectivity index (χ2n) is 4.57.